The van der Waals surface area contributed by atoms with E-state index in [1.807, 2.05) is 46.1 Å². The monoisotopic (exact) mass is 380 g/mol. The second-order valence-corrected chi connectivity index (χ2v) is 7.52. The zero-order valence-corrected chi connectivity index (χ0v) is 16.4. The van der Waals surface area contributed by atoms with Crippen LogP contribution in [0.15, 0.2) is 29.4 Å². The summed E-state index contributed by atoms with van der Waals surface area (Å²) in [4.78, 5) is 20.5. The minimum atomic E-state index is -0.574. The van der Waals surface area contributed by atoms with E-state index in [0.717, 1.165) is 5.56 Å². The molecule has 2 rings (SSSR count). The van der Waals surface area contributed by atoms with Crippen LogP contribution in [0.3, 0.4) is 0 Å². The first-order valence-corrected chi connectivity index (χ1v) is 9.23. The number of hydrogen-bond acceptors (Lipinski definition) is 6. The molecule has 2 N–H and O–H groups in total. The van der Waals surface area contributed by atoms with E-state index in [0.29, 0.717) is 27.5 Å². The Morgan fingerprint density at radius 2 is 1.92 bits per heavy atom. The molecule has 1 amide bonds. The Balaban J connectivity index is 2.27. The lowest BCUT2D eigenvalue weighted by molar-refractivity contribution is 0.0636. The lowest BCUT2D eigenvalue weighted by Gasteiger charge is -2.21. The SMILES string of the molecule is CSc1nc(Cl)cc(Nc2cc(C)ccc2NC(=O)OC(C)(C)C)n1. The number of rotatable bonds is 4. The molecule has 0 radical (unpaired) electrons. The third-order valence-electron chi connectivity index (χ3n) is 2.93. The molecule has 0 aliphatic carbocycles. The van der Waals surface area contributed by atoms with Crippen LogP contribution in [0.1, 0.15) is 26.3 Å². The van der Waals surface area contributed by atoms with Gasteiger partial charge >= 0.3 is 6.09 Å². The van der Waals surface area contributed by atoms with Crippen molar-refractivity contribution in [2.75, 3.05) is 16.9 Å². The molecule has 1 aromatic heterocycles. The maximum Gasteiger partial charge on any atom is 0.412 e. The van der Waals surface area contributed by atoms with Gasteiger partial charge in [0, 0.05) is 6.07 Å². The largest absolute Gasteiger partial charge is 0.444 e. The topological polar surface area (TPSA) is 76.1 Å². The summed E-state index contributed by atoms with van der Waals surface area (Å²) in [6, 6.07) is 7.24. The van der Waals surface area contributed by atoms with E-state index in [2.05, 4.69) is 20.6 Å². The van der Waals surface area contributed by atoms with Crippen molar-refractivity contribution in [3.63, 3.8) is 0 Å². The number of amides is 1. The van der Waals surface area contributed by atoms with E-state index in [4.69, 9.17) is 16.3 Å². The molecule has 0 spiro atoms. The summed E-state index contributed by atoms with van der Waals surface area (Å²) in [6.45, 7) is 7.40. The predicted molar refractivity (Wildman–Crippen MR) is 103 cm³/mol. The number of nitrogens with one attached hydrogen (secondary N) is 2. The zero-order valence-electron chi connectivity index (χ0n) is 14.8. The standard InChI is InChI=1S/C17H21ClN4O2S/c1-10-6-7-11(20-16(23)24-17(2,3)4)12(8-10)19-14-9-13(18)21-15(22-14)25-5/h6-9H,1-5H3,(H,20,23)(H,19,21,22). The summed E-state index contributed by atoms with van der Waals surface area (Å²) in [5, 5.41) is 6.83. The fourth-order valence-corrected chi connectivity index (χ4v) is 2.59. The van der Waals surface area contributed by atoms with Crippen LogP contribution in [0.4, 0.5) is 22.0 Å². The predicted octanol–water partition coefficient (Wildman–Crippen LogP) is 5.25. The molecule has 8 heteroatoms. The summed E-state index contributed by atoms with van der Waals surface area (Å²) in [5.74, 6) is 0.544. The van der Waals surface area contributed by atoms with Crippen LogP contribution >= 0.6 is 23.4 Å². The normalized spacial score (nSPS) is 11.1. The van der Waals surface area contributed by atoms with Crippen molar-refractivity contribution >= 4 is 46.6 Å². The number of carbonyl (C=O) groups excluding carboxylic acids is 1. The van der Waals surface area contributed by atoms with Crippen LogP contribution in [-0.4, -0.2) is 27.9 Å². The highest BCUT2D eigenvalue weighted by Gasteiger charge is 2.17. The van der Waals surface area contributed by atoms with Gasteiger partial charge in [-0.15, -0.1) is 0 Å². The lowest BCUT2D eigenvalue weighted by atomic mass is 10.2. The molecule has 25 heavy (non-hydrogen) atoms. The van der Waals surface area contributed by atoms with Gasteiger partial charge in [0.15, 0.2) is 5.16 Å². The molecule has 1 aromatic carbocycles. The van der Waals surface area contributed by atoms with Crippen molar-refractivity contribution in [3.05, 3.63) is 35.0 Å². The van der Waals surface area contributed by atoms with E-state index >= 15 is 0 Å². The molecule has 0 aliphatic rings. The number of carbonyl (C=O) groups is 1. The Morgan fingerprint density at radius 3 is 2.56 bits per heavy atom. The van der Waals surface area contributed by atoms with Crippen molar-refractivity contribution in [2.45, 2.75) is 38.5 Å². The number of aryl methyl sites for hydroxylation is 1. The van der Waals surface area contributed by atoms with Crippen molar-refractivity contribution in [1.82, 2.24) is 9.97 Å². The Bertz CT molecular complexity index is 778. The minimum absolute atomic E-state index is 0.344. The van der Waals surface area contributed by atoms with Crippen molar-refractivity contribution < 1.29 is 9.53 Å². The zero-order chi connectivity index (χ0) is 18.6. The fourth-order valence-electron chi connectivity index (χ4n) is 1.97. The molecular formula is C17H21ClN4O2S. The van der Waals surface area contributed by atoms with Crippen LogP contribution in [-0.2, 0) is 4.74 Å². The van der Waals surface area contributed by atoms with Crippen LogP contribution in [0.25, 0.3) is 0 Å². The van der Waals surface area contributed by atoms with Gasteiger partial charge in [0.05, 0.1) is 11.4 Å². The highest BCUT2D eigenvalue weighted by atomic mass is 35.5. The third-order valence-corrected chi connectivity index (χ3v) is 3.67. The van der Waals surface area contributed by atoms with Crippen LogP contribution in [0, 0.1) is 6.92 Å². The smallest absolute Gasteiger partial charge is 0.412 e. The number of halogens is 1. The molecule has 0 saturated carbocycles. The molecule has 0 fully saturated rings. The summed E-state index contributed by atoms with van der Waals surface area (Å²) < 4.78 is 5.30. The number of thioether (sulfide) groups is 1. The second-order valence-electron chi connectivity index (χ2n) is 6.36. The maximum atomic E-state index is 12.1. The highest BCUT2D eigenvalue weighted by molar-refractivity contribution is 7.98. The molecule has 0 unspecified atom stereocenters. The van der Waals surface area contributed by atoms with E-state index < -0.39 is 11.7 Å². The van der Waals surface area contributed by atoms with Crippen LogP contribution < -0.4 is 10.6 Å². The van der Waals surface area contributed by atoms with Crippen LogP contribution in [0.5, 0.6) is 0 Å². The second kappa shape index (κ2) is 7.93. The number of nitrogens with zero attached hydrogens (tertiary/aromatic N) is 2. The average molecular weight is 381 g/mol. The summed E-state index contributed by atoms with van der Waals surface area (Å²) in [7, 11) is 0. The number of anilines is 3. The van der Waals surface area contributed by atoms with Gasteiger partial charge in [0.25, 0.3) is 0 Å². The van der Waals surface area contributed by atoms with Crippen LogP contribution in [0.2, 0.25) is 5.15 Å². The van der Waals surface area contributed by atoms with Gasteiger partial charge < -0.3 is 10.1 Å². The van der Waals surface area contributed by atoms with E-state index in [9.17, 15) is 4.79 Å². The fraction of sp³-hybridized carbons (Fsp3) is 0.353. The molecule has 2 aromatic rings. The molecule has 134 valence electrons. The van der Waals surface area contributed by atoms with Crippen molar-refractivity contribution in [3.8, 4) is 0 Å². The third kappa shape index (κ3) is 6.10. The van der Waals surface area contributed by atoms with E-state index in [-0.39, 0.29) is 0 Å². The Kier molecular flexibility index (Phi) is 6.13. The quantitative estimate of drug-likeness (QED) is 0.428. The molecule has 0 saturated heterocycles. The lowest BCUT2D eigenvalue weighted by Crippen LogP contribution is -2.27. The number of aromatic nitrogens is 2. The Morgan fingerprint density at radius 1 is 1.20 bits per heavy atom. The first kappa shape index (κ1) is 19.3. The first-order chi connectivity index (χ1) is 11.7. The molecule has 0 bridgehead atoms. The average Bonchev–Trinajstić information content (AvgIpc) is 2.47. The van der Waals surface area contributed by atoms with Gasteiger partial charge in [-0.2, -0.15) is 0 Å². The van der Waals surface area contributed by atoms with Gasteiger partial charge in [-0.25, -0.2) is 14.8 Å². The number of benzene rings is 1. The van der Waals surface area contributed by atoms with Gasteiger partial charge in [-0.05, 0) is 51.6 Å². The molecule has 0 atom stereocenters. The Hall–Kier alpha value is -1.99. The molecular weight excluding hydrogens is 360 g/mol. The van der Waals surface area contributed by atoms with E-state index in [1.165, 1.54) is 11.8 Å². The molecule has 6 nitrogen and oxygen atoms in total. The van der Waals surface area contributed by atoms with Gasteiger partial charge in [-0.1, -0.05) is 29.4 Å². The van der Waals surface area contributed by atoms with E-state index in [1.54, 1.807) is 12.1 Å². The first-order valence-electron chi connectivity index (χ1n) is 7.62. The van der Waals surface area contributed by atoms with Gasteiger partial charge in [0.2, 0.25) is 0 Å². The summed E-state index contributed by atoms with van der Waals surface area (Å²) in [6.07, 6.45) is 1.35. The maximum absolute atomic E-state index is 12.1. The summed E-state index contributed by atoms with van der Waals surface area (Å²) in [5.41, 5.74) is 1.73. The van der Waals surface area contributed by atoms with Gasteiger partial charge in [-0.3, -0.25) is 5.32 Å². The minimum Gasteiger partial charge on any atom is -0.444 e. The molecule has 0 aliphatic heterocycles. The van der Waals surface area contributed by atoms with Crippen molar-refractivity contribution in [2.24, 2.45) is 0 Å². The van der Waals surface area contributed by atoms with Gasteiger partial charge in [0.1, 0.15) is 16.6 Å². The number of ether oxygens (including phenoxy) is 1. The van der Waals surface area contributed by atoms with Crippen molar-refractivity contribution in [1.29, 1.82) is 0 Å². The summed E-state index contributed by atoms with van der Waals surface area (Å²) >= 11 is 7.42. The number of hydrogen-bond donors (Lipinski definition) is 2. The Labute approximate surface area is 156 Å². The highest BCUT2D eigenvalue weighted by Crippen LogP contribution is 2.28. The molecule has 1 heterocycles.